The average molecular weight is 342 g/mol. The van der Waals surface area contributed by atoms with Gasteiger partial charge in [-0.25, -0.2) is 0 Å². The summed E-state index contributed by atoms with van der Waals surface area (Å²) in [4.78, 5) is 24.0. The molecule has 1 N–H and O–H groups in total. The van der Waals surface area contributed by atoms with E-state index < -0.39 is 0 Å². The fourth-order valence-corrected chi connectivity index (χ4v) is 4.13. The van der Waals surface area contributed by atoms with E-state index in [9.17, 15) is 9.59 Å². The van der Waals surface area contributed by atoms with Crippen molar-refractivity contribution in [2.75, 3.05) is 7.11 Å². The van der Waals surface area contributed by atoms with Crippen LogP contribution in [0.15, 0.2) is 18.2 Å². The van der Waals surface area contributed by atoms with Crippen molar-refractivity contribution in [2.24, 2.45) is 11.3 Å². The Bertz CT molecular complexity index is 639. The van der Waals surface area contributed by atoms with Gasteiger partial charge in [0.15, 0.2) is 0 Å². The summed E-state index contributed by atoms with van der Waals surface area (Å²) in [5, 5.41) is 3.85. The first-order valence-corrected chi connectivity index (χ1v) is 7.92. The van der Waals surface area contributed by atoms with Crippen molar-refractivity contribution in [3.63, 3.8) is 0 Å². The van der Waals surface area contributed by atoms with Crippen LogP contribution in [-0.2, 0) is 9.53 Å². The number of carbonyl (C=O) groups excluding carboxylic acids is 2. The Labute approximate surface area is 139 Å². The van der Waals surface area contributed by atoms with Crippen LogP contribution < -0.4 is 5.32 Å². The summed E-state index contributed by atoms with van der Waals surface area (Å²) in [7, 11) is 1.41. The Morgan fingerprint density at radius 1 is 1.23 bits per heavy atom. The zero-order valence-electron chi connectivity index (χ0n) is 12.4. The number of carbonyl (C=O) groups is 2. The van der Waals surface area contributed by atoms with Crippen LogP contribution in [0.25, 0.3) is 0 Å². The third kappa shape index (κ3) is 2.29. The van der Waals surface area contributed by atoms with Gasteiger partial charge in [-0.15, -0.1) is 0 Å². The maximum absolute atomic E-state index is 12.3. The number of esters is 1. The van der Waals surface area contributed by atoms with Crippen LogP contribution in [0.2, 0.25) is 10.0 Å². The molecule has 0 saturated heterocycles. The molecule has 4 rings (SSSR count). The van der Waals surface area contributed by atoms with Gasteiger partial charge in [-0.3, -0.25) is 9.59 Å². The molecule has 1 aromatic rings. The SMILES string of the molecule is COC(=O)[C@@H](C)C12CC(NC(=O)c3ccc(Cl)c(Cl)c3)(C1)C2. The average Bonchev–Trinajstić information content (AvgIpc) is 2.42. The second-order valence-corrected chi connectivity index (χ2v) is 7.32. The number of rotatable bonds is 4. The van der Waals surface area contributed by atoms with Crippen molar-refractivity contribution in [1.82, 2.24) is 5.32 Å². The Balaban J connectivity index is 1.62. The predicted molar refractivity (Wildman–Crippen MR) is 84.1 cm³/mol. The van der Waals surface area contributed by atoms with Crippen LogP contribution in [0.3, 0.4) is 0 Å². The molecule has 1 amide bonds. The molecule has 1 atom stereocenters. The summed E-state index contributed by atoms with van der Waals surface area (Å²) < 4.78 is 4.81. The first kappa shape index (κ1) is 15.6. The molecular weight excluding hydrogens is 325 g/mol. The minimum Gasteiger partial charge on any atom is -0.469 e. The van der Waals surface area contributed by atoms with Gasteiger partial charge in [-0.05, 0) is 42.9 Å². The standard InChI is InChI=1S/C16H17Cl2NO3/c1-9(14(21)22-2)15-6-16(7-15,8-15)19-13(20)10-3-4-11(17)12(18)5-10/h3-5,9H,6-8H2,1-2H3,(H,19,20)/t9-,15?,16?/m1/s1. The zero-order chi connectivity index (χ0) is 16.1. The molecule has 0 radical (unpaired) electrons. The number of halogens is 2. The zero-order valence-corrected chi connectivity index (χ0v) is 13.9. The number of nitrogens with one attached hydrogen (secondary N) is 1. The lowest BCUT2D eigenvalue weighted by atomic mass is 9.36. The monoisotopic (exact) mass is 341 g/mol. The number of methoxy groups -OCH3 is 1. The molecule has 4 nitrogen and oxygen atoms in total. The fourth-order valence-electron chi connectivity index (χ4n) is 3.84. The molecule has 3 aliphatic carbocycles. The van der Waals surface area contributed by atoms with Gasteiger partial charge >= 0.3 is 5.97 Å². The van der Waals surface area contributed by atoms with Crippen molar-refractivity contribution in [2.45, 2.75) is 31.7 Å². The number of hydrogen-bond acceptors (Lipinski definition) is 3. The first-order chi connectivity index (χ1) is 10.3. The topological polar surface area (TPSA) is 55.4 Å². The minimum absolute atomic E-state index is 0.00197. The molecule has 3 saturated carbocycles. The summed E-state index contributed by atoms with van der Waals surface area (Å²) in [6, 6.07) is 4.83. The molecule has 0 aliphatic heterocycles. The van der Waals surface area contributed by atoms with E-state index in [0.717, 1.165) is 19.3 Å². The number of benzene rings is 1. The largest absolute Gasteiger partial charge is 0.469 e. The van der Waals surface area contributed by atoms with Crippen LogP contribution in [0, 0.1) is 11.3 Å². The summed E-state index contributed by atoms with van der Waals surface area (Å²) in [6.07, 6.45) is 2.47. The van der Waals surface area contributed by atoms with E-state index in [1.54, 1.807) is 18.2 Å². The molecule has 0 heterocycles. The van der Waals surface area contributed by atoms with Crippen LogP contribution >= 0.6 is 23.2 Å². The van der Waals surface area contributed by atoms with E-state index in [4.69, 9.17) is 27.9 Å². The quantitative estimate of drug-likeness (QED) is 0.853. The van der Waals surface area contributed by atoms with Crippen molar-refractivity contribution >= 4 is 35.1 Å². The number of ether oxygens (including phenoxy) is 1. The van der Waals surface area contributed by atoms with Crippen molar-refractivity contribution < 1.29 is 14.3 Å². The highest BCUT2D eigenvalue weighted by Gasteiger charge is 2.71. The maximum atomic E-state index is 12.3. The Hall–Kier alpha value is -1.26. The van der Waals surface area contributed by atoms with Crippen LogP contribution in [0.4, 0.5) is 0 Å². The van der Waals surface area contributed by atoms with Gasteiger partial charge < -0.3 is 10.1 Å². The van der Waals surface area contributed by atoms with Crippen LogP contribution in [0.1, 0.15) is 36.5 Å². The van der Waals surface area contributed by atoms with Gasteiger partial charge in [0.05, 0.1) is 23.1 Å². The minimum atomic E-state index is -0.177. The lowest BCUT2D eigenvalue weighted by Crippen LogP contribution is -2.77. The lowest BCUT2D eigenvalue weighted by Gasteiger charge is -2.72. The van der Waals surface area contributed by atoms with Gasteiger partial charge in [0.2, 0.25) is 0 Å². The van der Waals surface area contributed by atoms with E-state index >= 15 is 0 Å². The van der Waals surface area contributed by atoms with Gasteiger partial charge in [0.1, 0.15) is 0 Å². The van der Waals surface area contributed by atoms with E-state index in [1.165, 1.54) is 7.11 Å². The highest BCUT2D eigenvalue weighted by molar-refractivity contribution is 6.42. The summed E-state index contributed by atoms with van der Waals surface area (Å²) in [5.41, 5.74) is 0.318. The molecule has 3 aliphatic rings. The Kier molecular flexibility index (Phi) is 3.65. The second kappa shape index (κ2) is 5.14. The van der Waals surface area contributed by atoms with Crippen molar-refractivity contribution in [3.05, 3.63) is 33.8 Å². The van der Waals surface area contributed by atoms with Gasteiger partial charge in [-0.1, -0.05) is 30.1 Å². The van der Waals surface area contributed by atoms with Crippen molar-refractivity contribution in [3.8, 4) is 0 Å². The smallest absolute Gasteiger partial charge is 0.308 e. The van der Waals surface area contributed by atoms with Gasteiger partial charge in [0.25, 0.3) is 5.91 Å². The normalized spacial score (nSPS) is 29.8. The third-order valence-corrected chi connectivity index (χ3v) is 5.84. The van der Waals surface area contributed by atoms with Crippen LogP contribution in [-0.4, -0.2) is 24.5 Å². The van der Waals surface area contributed by atoms with E-state index in [-0.39, 0.29) is 28.7 Å². The molecule has 0 aromatic heterocycles. The first-order valence-electron chi connectivity index (χ1n) is 7.16. The molecule has 1 aromatic carbocycles. The highest BCUT2D eigenvalue weighted by atomic mass is 35.5. The molecule has 0 unspecified atom stereocenters. The molecule has 0 spiro atoms. The number of amides is 1. The molecular formula is C16H17Cl2NO3. The van der Waals surface area contributed by atoms with E-state index in [0.29, 0.717) is 15.6 Å². The summed E-state index contributed by atoms with van der Waals surface area (Å²) in [6.45, 7) is 1.90. The van der Waals surface area contributed by atoms with E-state index in [2.05, 4.69) is 5.32 Å². The van der Waals surface area contributed by atoms with E-state index in [1.807, 2.05) is 6.92 Å². The Morgan fingerprint density at radius 3 is 2.41 bits per heavy atom. The number of hydrogen-bond donors (Lipinski definition) is 1. The fraction of sp³-hybridized carbons (Fsp3) is 0.500. The van der Waals surface area contributed by atoms with Crippen molar-refractivity contribution in [1.29, 1.82) is 0 Å². The second-order valence-electron chi connectivity index (χ2n) is 6.50. The maximum Gasteiger partial charge on any atom is 0.308 e. The predicted octanol–water partition coefficient (Wildman–Crippen LogP) is 3.46. The van der Waals surface area contributed by atoms with Gasteiger partial charge in [-0.2, -0.15) is 0 Å². The molecule has 22 heavy (non-hydrogen) atoms. The Morgan fingerprint density at radius 2 is 1.86 bits per heavy atom. The summed E-state index contributed by atoms with van der Waals surface area (Å²) in [5.74, 6) is -0.456. The van der Waals surface area contributed by atoms with Gasteiger partial charge in [0, 0.05) is 11.1 Å². The molecule has 6 heteroatoms. The molecule has 2 bridgehead atoms. The highest BCUT2D eigenvalue weighted by Crippen LogP contribution is 2.70. The summed E-state index contributed by atoms with van der Waals surface area (Å²) >= 11 is 11.8. The lowest BCUT2D eigenvalue weighted by molar-refractivity contribution is -0.197. The molecule has 118 valence electrons. The third-order valence-electron chi connectivity index (χ3n) is 5.11. The molecule has 3 fully saturated rings. The van der Waals surface area contributed by atoms with Crippen LogP contribution in [0.5, 0.6) is 0 Å².